The number of benzene rings is 2. The van der Waals surface area contributed by atoms with Gasteiger partial charge in [0.05, 0.1) is 24.9 Å². The second-order valence-electron chi connectivity index (χ2n) is 9.29. The molecule has 3 aliphatic rings. The topological polar surface area (TPSA) is 68.2 Å². The largest absolute Gasteiger partial charge is 0.449 e. The van der Waals surface area contributed by atoms with E-state index in [2.05, 4.69) is 24.3 Å². The molecule has 0 bridgehead atoms. The molecule has 2 aromatic rings. The third kappa shape index (κ3) is 3.82. The first kappa shape index (κ1) is 19.9. The van der Waals surface area contributed by atoms with E-state index in [0.29, 0.717) is 12.8 Å². The lowest BCUT2D eigenvalue weighted by atomic mass is 9.90. The van der Waals surface area contributed by atoms with Crippen molar-refractivity contribution in [3.63, 3.8) is 0 Å². The van der Waals surface area contributed by atoms with Crippen molar-refractivity contribution in [1.29, 1.82) is 0 Å². The molecule has 0 spiro atoms. The van der Waals surface area contributed by atoms with Gasteiger partial charge in [-0.2, -0.15) is 0 Å². The van der Waals surface area contributed by atoms with Crippen LogP contribution >= 0.6 is 0 Å². The standard InChI is InChI=1S/C25H30O5/c1-25(2)29-22-7-6-15(9-24(22)30-25)8-17-11-18(10-16-4-3-5-21(16)17)23-13-19(27)12-20(14-26)28-23/h6-7,9-11,19-20,23,26-27H,3-5,8,12-14H2,1-2H3. The molecular formula is C25H30O5. The van der Waals surface area contributed by atoms with Crippen LogP contribution in [0.5, 0.6) is 11.5 Å². The van der Waals surface area contributed by atoms with E-state index in [1.54, 1.807) is 0 Å². The Labute approximate surface area is 177 Å². The average molecular weight is 411 g/mol. The lowest BCUT2D eigenvalue weighted by Gasteiger charge is -2.33. The first-order valence-electron chi connectivity index (χ1n) is 11.0. The zero-order chi connectivity index (χ0) is 20.9. The van der Waals surface area contributed by atoms with Crippen LogP contribution in [0.15, 0.2) is 30.3 Å². The van der Waals surface area contributed by atoms with E-state index in [-0.39, 0.29) is 18.8 Å². The fourth-order valence-electron chi connectivity index (χ4n) is 5.09. The van der Waals surface area contributed by atoms with Crippen LogP contribution in [0.25, 0.3) is 0 Å². The molecule has 2 aliphatic heterocycles. The van der Waals surface area contributed by atoms with Gasteiger partial charge < -0.3 is 24.4 Å². The molecule has 2 N–H and O–H groups in total. The molecule has 1 saturated heterocycles. The molecule has 1 fully saturated rings. The maximum atomic E-state index is 10.3. The van der Waals surface area contributed by atoms with Crippen molar-refractivity contribution < 1.29 is 24.4 Å². The number of rotatable bonds is 4. The predicted molar refractivity (Wildman–Crippen MR) is 113 cm³/mol. The normalized spacial score (nSPS) is 26.6. The fourth-order valence-corrected chi connectivity index (χ4v) is 5.09. The van der Waals surface area contributed by atoms with Crippen molar-refractivity contribution in [1.82, 2.24) is 0 Å². The highest BCUT2D eigenvalue weighted by molar-refractivity contribution is 5.49. The van der Waals surface area contributed by atoms with Crippen LogP contribution in [0.4, 0.5) is 0 Å². The summed E-state index contributed by atoms with van der Waals surface area (Å²) >= 11 is 0. The summed E-state index contributed by atoms with van der Waals surface area (Å²) in [4.78, 5) is 0. The van der Waals surface area contributed by atoms with Crippen molar-refractivity contribution in [2.45, 2.75) is 76.5 Å². The van der Waals surface area contributed by atoms with E-state index in [0.717, 1.165) is 36.3 Å². The van der Waals surface area contributed by atoms with Crippen LogP contribution in [0.1, 0.15) is 67.0 Å². The summed E-state index contributed by atoms with van der Waals surface area (Å²) in [6.07, 6.45) is 4.36. The second-order valence-corrected chi connectivity index (χ2v) is 9.29. The molecule has 160 valence electrons. The van der Waals surface area contributed by atoms with E-state index in [4.69, 9.17) is 14.2 Å². The van der Waals surface area contributed by atoms with Gasteiger partial charge in [-0.1, -0.05) is 18.2 Å². The Kier molecular flexibility index (Phi) is 5.00. The van der Waals surface area contributed by atoms with Gasteiger partial charge >= 0.3 is 0 Å². The third-order valence-electron chi connectivity index (χ3n) is 6.40. The molecule has 5 nitrogen and oxygen atoms in total. The summed E-state index contributed by atoms with van der Waals surface area (Å²) in [7, 11) is 0. The zero-order valence-corrected chi connectivity index (χ0v) is 17.7. The van der Waals surface area contributed by atoms with Gasteiger partial charge in [-0.25, -0.2) is 0 Å². The number of aryl methyl sites for hydroxylation is 1. The minimum absolute atomic E-state index is 0.0566. The van der Waals surface area contributed by atoms with Gasteiger partial charge in [0.2, 0.25) is 5.79 Å². The zero-order valence-electron chi connectivity index (χ0n) is 17.7. The average Bonchev–Trinajstić information content (AvgIpc) is 3.29. The molecule has 5 rings (SSSR count). The number of fused-ring (bicyclic) bond motifs is 2. The third-order valence-corrected chi connectivity index (χ3v) is 6.40. The van der Waals surface area contributed by atoms with Crippen molar-refractivity contribution in [3.8, 4) is 11.5 Å². The SMILES string of the molecule is CC1(C)Oc2ccc(Cc3cc(C4CC(O)CC(CO)O4)cc4c3CCC4)cc2O1. The lowest BCUT2D eigenvalue weighted by molar-refractivity contribution is -0.113. The molecule has 0 radical (unpaired) electrons. The molecule has 0 amide bonds. The maximum absolute atomic E-state index is 10.3. The first-order valence-corrected chi connectivity index (χ1v) is 11.0. The van der Waals surface area contributed by atoms with Gasteiger partial charge in [0.1, 0.15) is 0 Å². The van der Waals surface area contributed by atoms with E-state index in [1.807, 2.05) is 19.9 Å². The minimum Gasteiger partial charge on any atom is -0.449 e. The molecule has 30 heavy (non-hydrogen) atoms. The number of hydrogen-bond acceptors (Lipinski definition) is 5. The quantitative estimate of drug-likeness (QED) is 0.802. The van der Waals surface area contributed by atoms with Crippen LogP contribution in [0, 0.1) is 0 Å². The van der Waals surface area contributed by atoms with Crippen LogP contribution < -0.4 is 9.47 Å². The Bertz CT molecular complexity index is 951. The Balaban J connectivity index is 1.45. The minimum atomic E-state index is -0.621. The van der Waals surface area contributed by atoms with E-state index in [9.17, 15) is 10.2 Å². The number of aliphatic hydroxyl groups is 2. The van der Waals surface area contributed by atoms with Crippen molar-refractivity contribution in [2.24, 2.45) is 0 Å². The summed E-state index contributed by atoms with van der Waals surface area (Å²) in [5, 5.41) is 19.8. The molecule has 2 aromatic carbocycles. The summed E-state index contributed by atoms with van der Waals surface area (Å²) < 4.78 is 17.8. The molecular weight excluding hydrogens is 380 g/mol. The highest BCUT2D eigenvalue weighted by atomic mass is 16.7. The summed E-state index contributed by atoms with van der Waals surface area (Å²) in [6, 6.07) is 10.7. The smallest absolute Gasteiger partial charge is 0.246 e. The Morgan fingerprint density at radius 3 is 2.70 bits per heavy atom. The number of hydrogen-bond donors (Lipinski definition) is 2. The van der Waals surface area contributed by atoms with Crippen LogP contribution in [-0.2, 0) is 24.0 Å². The lowest BCUT2D eigenvalue weighted by Crippen LogP contribution is -2.33. The number of aliphatic hydroxyl groups excluding tert-OH is 2. The second kappa shape index (κ2) is 7.56. The summed E-state index contributed by atoms with van der Waals surface area (Å²) in [5.74, 6) is 0.974. The Morgan fingerprint density at radius 2 is 1.87 bits per heavy atom. The van der Waals surface area contributed by atoms with Gasteiger partial charge in [-0.3, -0.25) is 0 Å². The highest BCUT2D eigenvalue weighted by Crippen LogP contribution is 2.41. The molecule has 3 unspecified atom stereocenters. The van der Waals surface area contributed by atoms with Crippen molar-refractivity contribution in [2.75, 3.05) is 6.61 Å². The van der Waals surface area contributed by atoms with Crippen LogP contribution in [0.2, 0.25) is 0 Å². The van der Waals surface area contributed by atoms with Gasteiger partial charge in [0.25, 0.3) is 0 Å². The van der Waals surface area contributed by atoms with Crippen LogP contribution in [-0.4, -0.2) is 34.8 Å². The summed E-state index contributed by atoms with van der Waals surface area (Å²) in [5.41, 5.74) is 6.48. The van der Waals surface area contributed by atoms with Gasteiger partial charge in [-0.15, -0.1) is 0 Å². The number of ether oxygens (including phenoxy) is 3. The molecule has 3 atom stereocenters. The van der Waals surface area contributed by atoms with Crippen molar-refractivity contribution in [3.05, 3.63) is 58.1 Å². The van der Waals surface area contributed by atoms with Crippen LogP contribution in [0.3, 0.4) is 0 Å². The van der Waals surface area contributed by atoms with E-state index < -0.39 is 11.9 Å². The maximum Gasteiger partial charge on any atom is 0.246 e. The van der Waals surface area contributed by atoms with Gasteiger partial charge in [0, 0.05) is 26.7 Å². The monoisotopic (exact) mass is 410 g/mol. The Hall–Kier alpha value is -2.08. The highest BCUT2D eigenvalue weighted by Gasteiger charge is 2.32. The molecule has 2 heterocycles. The Morgan fingerprint density at radius 1 is 1.03 bits per heavy atom. The molecule has 1 aliphatic carbocycles. The van der Waals surface area contributed by atoms with Gasteiger partial charge in [0.15, 0.2) is 11.5 Å². The first-order chi connectivity index (χ1) is 14.4. The molecule has 0 aromatic heterocycles. The predicted octanol–water partition coefficient (Wildman–Crippen LogP) is 3.85. The van der Waals surface area contributed by atoms with Gasteiger partial charge in [-0.05, 0) is 65.6 Å². The molecule has 0 saturated carbocycles. The molecule has 5 heteroatoms. The summed E-state index contributed by atoms with van der Waals surface area (Å²) in [6.45, 7) is 3.78. The van der Waals surface area contributed by atoms with Crippen molar-refractivity contribution >= 4 is 0 Å². The fraction of sp³-hybridized carbons (Fsp3) is 0.520. The van der Waals surface area contributed by atoms with E-state index >= 15 is 0 Å². The van der Waals surface area contributed by atoms with E-state index in [1.165, 1.54) is 28.7 Å².